The van der Waals surface area contributed by atoms with E-state index in [-0.39, 0.29) is 22.8 Å². The fraction of sp³-hybridized carbons (Fsp3) is 0.214. The van der Waals surface area contributed by atoms with E-state index in [2.05, 4.69) is 15.8 Å². The van der Waals surface area contributed by atoms with Crippen LogP contribution in [0.1, 0.15) is 16.1 Å². The van der Waals surface area contributed by atoms with Crippen molar-refractivity contribution in [2.75, 3.05) is 18.1 Å². The standard InChI is InChI=1S/C14H15N3O5S/c1-9-6-12(17-22-9)16-13(18)8-15-14(19)10-4-3-5-11(7-10)23(2,20)21/h3-7H,8H2,1-2H3,(H,15,19)(H,16,17,18). The zero-order valence-electron chi connectivity index (χ0n) is 12.5. The SMILES string of the molecule is Cc1cc(NC(=O)CNC(=O)c2cccc(S(C)(=O)=O)c2)no1. The smallest absolute Gasteiger partial charge is 0.251 e. The van der Waals surface area contributed by atoms with E-state index in [1.165, 1.54) is 30.3 Å². The number of hydrogen-bond donors (Lipinski definition) is 2. The number of aromatic nitrogens is 1. The number of carbonyl (C=O) groups excluding carboxylic acids is 2. The molecule has 0 aliphatic rings. The Balaban J connectivity index is 1.96. The van der Waals surface area contributed by atoms with Gasteiger partial charge in [0.15, 0.2) is 15.7 Å². The molecular weight excluding hydrogens is 322 g/mol. The van der Waals surface area contributed by atoms with Gasteiger partial charge in [-0.05, 0) is 25.1 Å². The number of carbonyl (C=O) groups is 2. The molecule has 122 valence electrons. The van der Waals surface area contributed by atoms with Crippen molar-refractivity contribution in [3.8, 4) is 0 Å². The van der Waals surface area contributed by atoms with Gasteiger partial charge in [0.25, 0.3) is 5.91 Å². The molecule has 0 bridgehead atoms. The van der Waals surface area contributed by atoms with Gasteiger partial charge in [0.05, 0.1) is 11.4 Å². The van der Waals surface area contributed by atoms with Crippen LogP contribution < -0.4 is 10.6 Å². The fourth-order valence-corrected chi connectivity index (χ4v) is 2.41. The number of aryl methyl sites for hydroxylation is 1. The zero-order valence-corrected chi connectivity index (χ0v) is 13.3. The van der Waals surface area contributed by atoms with Crippen molar-refractivity contribution in [2.24, 2.45) is 0 Å². The third-order valence-corrected chi connectivity index (χ3v) is 3.94. The molecule has 1 heterocycles. The molecule has 0 radical (unpaired) electrons. The molecule has 9 heteroatoms. The molecule has 0 spiro atoms. The molecule has 2 N–H and O–H groups in total. The maximum Gasteiger partial charge on any atom is 0.251 e. The Hall–Kier alpha value is -2.68. The number of anilines is 1. The van der Waals surface area contributed by atoms with Crippen molar-refractivity contribution >= 4 is 27.5 Å². The van der Waals surface area contributed by atoms with E-state index < -0.39 is 21.7 Å². The minimum Gasteiger partial charge on any atom is -0.360 e. The molecule has 0 aliphatic carbocycles. The Morgan fingerprint density at radius 1 is 1.26 bits per heavy atom. The predicted molar refractivity (Wildman–Crippen MR) is 81.8 cm³/mol. The Morgan fingerprint density at radius 2 is 2.00 bits per heavy atom. The summed E-state index contributed by atoms with van der Waals surface area (Å²) in [5, 5.41) is 8.44. The first-order valence-electron chi connectivity index (χ1n) is 6.57. The van der Waals surface area contributed by atoms with Crippen molar-refractivity contribution in [2.45, 2.75) is 11.8 Å². The van der Waals surface area contributed by atoms with Crippen LogP contribution in [0.2, 0.25) is 0 Å². The van der Waals surface area contributed by atoms with Gasteiger partial charge in [-0.2, -0.15) is 0 Å². The molecule has 0 aliphatic heterocycles. The van der Waals surface area contributed by atoms with Gasteiger partial charge in [0.2, 0.25) is 5.91 Å². The van der Waals surface area contributed by atoms with Crippen molar-refractivity contribution in [1.29, 1.82) is 0 Å². The molecule has 8 nitrogen and oxygen atoms in total. The third kappa shape index (κ3) is 4.65. The molecule has 0 fully saturated rings. The van der Waals surface area contributed by atoms with Crippen LogP contribution in [0.5, 0.6) is 0 Å². The zero-order chi connectivity index (χ0) is 17.0. The number of nitrogens with one attached hydrogen (secondary N) is 2. The highest BCUT2D eigenvalue weighted by Crippen LogP contribution is 2.11. The summed E-state index contributed by atoms with van der Waals surface area (Å²) in [5.74, 6) is -0.240. The molecule has 2 rings (SSSR count). The second-order valence-corrected chi connectivity index (χ2v) is 6.87. The Morgan fingerprint density at radius 3 is 2.61 bits per heavy atom. The largest absolute Gasteiger partial charge is 0.360 e. The number of nitrogens with zero attached hydrogens (tertiary/aromatic N) is 1. The summed E-state index contributed by atoms with van der Waals surface area (Å²) in [6.45, 7) is 1.40. The Kier molecular flexibility index (Phi) is 4.80. The maximum absolute atomic E-state index is 12.0. The van der Waals surface area contributed by atoms with Crippen molar-refractivity contribution in [3.63, 3.8) is 0 Å². The van der Waals surface area contributed by atoms with Gasteiger partial charge in [-0.25, -0.2) is 8.42 Å². The summed E-state index contributed by atoms with van der Waals surface area (Å²) < 4.78 is 27.7. The summed E-state index contributed by atoms with van der Waals surface area (Å²) >= 11 is 0. The van der Waals surface area contributed by atoms with Crippen molar-refractivity contribution in [1.82, 2.24) is 10.5 Å². The van der Waals surface area contributed by atoms with Crippen LogP contribution in [0.4, 0.5) is 5.82 Å². The van der Waals surface area contributed by atoms with Crippen LogP contribution in [0.25, 0.3) is 0 Å². The van der Waals surface area contributed by atoms with Crippen molar-refractivity contribution < 1.29 is 22.5 Å². The molecule has 0 saturated carbocycles. The summed E-state index contributed by atoms with van der Waals surface area (Å²) in [7, 11) is -3.41. The molecule has 2 aromatic rings. The van der Waals surface area contributed by atoms with Crippen LogP contribution in [-0.2, 0) is 14.6 Å². The van der Waals surface area contributed by atoms with E-state index in [9.17, 15) is 18.0 Å². The minimum absolute atomic E-state index is 0.0349. The lowest BCUT2D eigenvalue weighted by Gasteiger charge is -2.06. The summed E-state index contributed by atoms with van der Waals surface area (Å²) in [6.07, 6.45) is 1.05. The van der Waals surface area contributed by atoms with Gasteiger partial charge in [-0.15, -0.1) is 0 Å². The van der Waals surface area contributed by atoms with Crippen LogP contribution in [0.3, 0.4) is 0 Å². The second-order valence-electron chi connectivity index (χ2n) is 4.85. The highest BCUT2D eigenvalue weighted by molar-refractivity contribution is 7.90. The lowest BCUT2D eigenvalue weighted by Crippen LogP contribution is -2.33. The van der Waals surface area contributed by atoms with Crippen LogP contribution >= 0.6 is 0 Å². The Bertz CT molecular complexity index is 842. The number of amides is 2. The lowest BCUT2D eigenvalue weighted by atomic mass is 10.2. The number of benzene rings is 1. The molecule has 0 atom stereocenters. The average molecular weight is 337 g/mol. The molecule has 1 aromatic carbocycles. The fourth-order valence-electron chi connectivity index (χ4n) is 1.74. The Labute approximate surface area is 132 Å². The number of sulfone groups is 1. The van der Waals surface area contributed by atoms with Crippen LogP contribution in [0.15, 0.2) is 39.8 Å². The summed E-state index contributed by atoms with van der Waals surface area (Å²) in [6, 6.07) is 7.11. The quantitative estimate of drug-likeness (QED) is 0.831. The van der Waals surface area contributed by atoms with Crippen LogP contribution in [0, 0.1) is 6.92 Å². The first-order valence-corrected chi connectivity index (χ1v) is 8.46. The lowest BCUT2D eigenvalue weighted by molar-refractivity contribution is -0.115. The van der Waals surface area contributed by atoms with E-state index in [1.54, 1.807) is 6.92 Å². The molecule has 1 aromatic heterocycles. The normalized spacial score (nSPS) is 11.0. The van der Waals surface area contributed by atoms with E-state index in [1.807, 2.05) is 0 Å². The van der Waals surface area contributed by atoms with E-state index in [0.29, 0.717) is 5.76 Å². The van der Waals surface area contributed by atoms with Gasteiger partial charge >= 0.3 is 0 Å². The predicted octanol–water partition coefficient (Wildman–Crippen LogP) is 0.755. The third-order valence-electron chi connectivity index (χ3n) is 2.83. The number of hydrogen-bond acceptors (Lipinski definition) is 6. The topological polar surface area (TPSA) is 118 Å². The van der Waals surface area contributed by atoms with E-state index >= 15 is 0 Å². The second kappa shape index (κ2) is 6.61. The van der Waals surface area contributed by atoms with Gasteiger partial charge in [-0.3, -0.25) is 9.59 Å². The van der Waals surface area contributed by atoms with E-state index in [0.717, 1.165) is 6.26 Å². The minimum atomic E-state index is -3.41. The maximum atomic E-state index is 12.0. The molecule has 2 amide bonds. The first kappa shape index (κ1) is 16.7. The van der Waals surface area contributed by atoms with Gasteiger partial charge in [-0.1, -0.05) is 11.2 Å². The molecular formula is C14H15N3O5S. The van der Waals surface area contributed by atoms with Crippen LogP contribution in [-0.4, -0.2) is 38.2 Å². The molecule has 0 saturated heterocycles. The van der Waals surface area contributed by atoms with E-state index in [4.69, 9.17) is 4.52 Å². The van der Waals surface area contributed by atoms with Gasteiger partial charge in [0, 0.05) is 17.9 Å². The highest BCUT2D eigenvalue weighted by atomic mass is 32.2. The first-order chi connectivity index (χ1) is 10.8. The molecule has 0 unspecified atom stereocenters. The average Bonchev–Trinajstić information content (AvgIpc) is 2.89. The van der Waals surface area contributed by atoms with Crippen molar-refractivity contribution in [3.05, 3.63) is 41.7 Å². The summed E-state index contributed by atoms with van der Waals surface area (Å²) in [5.41, 5.74) is 0.151. The monoisotopic (exact) mass is 337 g/mol. The molecule has 23 heavy (non-hydrogen) atoms. The summed E-state index contributed by atoms with van der Waals surface area (Å²) in [4.78, 5) is 23.7. The number of rotatable bonds is 5. The van der Waals surface area contributed by atoms with Gasteiger partial charge < -0.3 is 15.2 Å². The highest BCUT2D eigenvalue weighted by Gasteiger charge is 2.13. The van der Waals surface area contributed by atoms with Gasteiger partial charge in [0.1, 0.15) is 5.76 Å².